The standard InChI is InChI=1S/C13H24N2O3/c1-9(2)15-11(16)10(3)7-8-14-12(17)18-13(4,5)6/h7,9H,8H2,1-6H3,(H,14,17)(H,15,16)/b10-7-. The Bertz CT molecular complexity index is 328. The maximum atomic E-state index is 11.5. The van der Waals surface area contributed by atoms with Crippen molar-refractivity contribution in [2.24, 2.45) is 0 Å². The van der Waals surface area contributed by atoms with Gasteiger partial charge in [-0.3, -0.25) is 4.79 Å². The molecule has 0 aliphatic heterocycles. The molecule has 0 fully saturated rings. The van der Waals surface area contributed by atoms with Gasteiger partial charge in [0.05, 0.1) is 0 Å². The molecule has 0 aromatic rings. The molecular weight excluding hydrogens is 232 g/mol. The molecule has 0 aliphatic rings. The lowest BCUT2D eigenvalue weighted by atomic mass is 10.2. The summed E-state index contributed by atoms with van der Waals surface area (Å²) >= 11 is 0. The molecular formula is C13H24N2O3. The number of ether oxygens (including phenoxy) is 1. The van der Waals surface area contributed by atoms with E-state index in [1.165, 1.54) is 0 Å². The first-order valence-corrected chi connectivity index (χ1v) is 6.06. The van der Waals surface area contributed by atoms with Crippen molar-refractivity contribution >= 4 is 12.0 Å². The molecule has 5 nitrogen and oxygen atoms in total. The normalized spacial score (nSPS) is 12.3. The Balaban J connectivity index is 4.09. The van der Waals surface area contributed by atoms with Crippen LogP contribution in [0.15, 0.2) is 11.6 Å². The summed E-state index contributed by atoms with van der Waals surface area (Å²) in [5.41, 5.74) is 0.0532. The molecule has 104 valence electrons. The molecule has 0 heterocycles. The summed E-state index contributed by atoms with van der Waals surface area (Å²) in [6.45, 7) is 11.1. The number of carbonyl (C=O) groups excluding carboxylic acids is 2. The van der Waals surface area contributed by atoms with Crippen molar-refractivity contribution in [1.29, 1.82) is 0 Å². The van der Waals surface area contributed by atoms with Gasteiger partial charge in [-0.2, -0.15) is 0 Å². The molecule has 2 amide bonds. The van der Waals surface area contributed by atoms with Gasteiger partial charge in [0.1, 0.15) is 5.60 Å². The fraction of sp³-hybridized carbons (Fsp3) is 0.692. The molecule has 5 heteroatoms. The summed E-state index contributed by atoms with van der Waals surface area (Å²) < 4.78 is 5.06. The van der Waals surface area contributed by atoms with Crippen LogP contribution in [-0.2, 0) is 9.53 Å². The molecule has 0 radical (unpaired) electrons. The molecule has 0 atom stereocenters. The average molecular weight is 256 g/mol. The van der Waals surface area contributed by atoms with Crippen molar-refractivity contribution in [3.8, 4) is 0 Å². The van der Waals surface area contributed by atoms with Gasteiger partial charge in [0.2, 0.25) is 5.91 Å². The molecule has 0 spiro atoms. The molecule has 0 bridgehead atoms. The first-order valence-electron chi connectivity index (χ1n) is 6.06. The van der Waals surface area contributed by atoms with E-state index in [4.69, 9.17) is 4.74 Å². The van der Waals surface area contributed by atoms with Crippen molar-refractivity contribution in [3.05, 3.63) is 11.6 Å². The highest BCUT2D eigenvalue weighted by atomic mass is 16.6. The quantitative estimate of drug-likeness (QED) is 0.756. The zero-order valence-corrected chi connectivity index (χ0v) is 12.1. The van der Waals surface area contributed by atoms with Gasteiger partial charge in [0.25, 0.3) is 0 Å². The number of rotatable bonds is 4. The van der Waals surface area contributed by atoms with E-state index in [1.807, 2.05) is 13.8 Å². The summed E-state index contributed by atoms with van der Waals surface area (Å²) in [6.07, 6.45) is 1.16. The molecule has 18 heavy (non-hydrogen) atoms. The van der Waals surface area contributed by atoms with Gasteiger partial charge in [-0.05, 0) is 41.5 Å². The van der Waals surface area contributed by atoms with Gasteiger partial charge >= 0.3 is 6.09 Å². The van der Waals surface area contributed by atoms with Crippen LogP contribution in [0.2, 0.25) is 0 Å². The minimum absolute atomic E-state index is 0.0969. The van der Waals surface area contributed by atoms with Crippen molar-refractivity contribution in [2.45, 2.75) is 53.2 Å². The predicted molar refractivity (Wildman–Crippen MR) is 71.3 cm³/mol. The predicted octanol–water partition coefficient (Wildman–Crippen LogP) is 1.98. The monoisotopic (exact) mass is 256 g/mol. The van der Waals surface area contributed by atoms with E-state index in [2.05, 4.69) is 10.6 Å². The summed E-state index contributed by atoms with van der Waals surface area (Å²) in [7, 11) is 0. The van der Waals surface area contributed by atoms with Crippen molar-refractivity contribution in [1.82, 2.24) is 10.6 Å². The molecule has 0 saturated carbocycles. The second kappa shape index (κ2) is 7.03. The first-order chi connectivity index (χ1) is 8.11. The Hall–Kier alpha value is -1.52. The fourth-order valence-corrected chi connectivity index (χ4v) is 1.07. The Labute approximate surface area is 109 Å². The van der Waals surface area contributed by atoms with Crippen LogP contribution < -0.4 is 10.6 Å². The zero-order valence-electron chi connectivity index (χ0n) is 12.1. The molecule has 0 saturated heterocycles. The Morgan fingerprint density at radius 1 is 1.28 bits per heavy atom. The van der Waals surface area contributed by atoms with Crippen LogP contribution in [-0.4, -0.2) is 30.2 Å². The van der Waals surface area contributed by atoms with Crippen LogP contribution in [0.25, 0.3) is 0 Å². The molecule has 0 unspecified atom stereocenters. The number of hydrogen-bond donors (Lipinski definition) is 2. The van der Waals surface area contributed by atoms with Crippen molar-refractivity contribution in [2.75, 3.05) is 6.54 Å². The molecule has 2 N–H and O–H groups in total. The van der Waals surface area contributed by atoms with E-state index in [0.29, 0.717) is 5.57 Å². The summed E-state index contributed by atoms with van der Waals surface area (Å²) in [5.74, 6) is -0.129. The lowest BCUT2D eigenvalue weighted by Gasteiger charge is -2.19. The third-order valence-electron chi connectivity index (χ3n) is 1.83. The number of hydrogen-bond acceptors (Lipinski definition) is 3. The lowest BCUT2D eigenvalue weighted by Crippen LogP contribution is -2.33. The van der Waals surface area contributed by atoms with E-state index in [0.717, 1.165) is 0 Å². The maximum Gasteiger partial charge on any atom is 0.407 e. The summed E-state index contributed by atoms with van der Waals surface area (Å²) in [5, 5.41) is 5.33. The SMILES string of the molecule is C/C(=C/CNC(=O)OC(C)(C)C)C(=O)NC(C)C. The third-order valence-corrected chi connectivity index (χ3v) is 1.83. The van der Waals surface area contributed by atoms with Gasteiger partial charge in [0.15, 0.2) is 0 Å². The van der Waals surface area contributed by atoms with Gasteiger partial charge in [-0.1, -0.05) is 6.08 Å². The highest BCUT2D eigenvalue weighted by molar-refractivity contribution is 5.92. The Kier molecular flexibility index (Phi) is 6.44. The van der Waals surface area contributed by atoms with Crippen LogP contribution in [0.1, 0.15) is 41.5 Å². The maximum absolute atomic E-state index is 11.5. The number of alkyl carbamates (subject to hydrolysis) is 1. The largest absolute Gasteiger partial charge is 0.444 e. The zero-order chi connectivity index (χ0) is 14.3. The van der Waals surface area contributed by atoms with Crippen LogP contribution in [0, 0.1) is 0 Å². The summed E-state index contributed by atoms with van der Waals surface area (Å²) in [4.78, 5) is 22.9. The first kappa shape index (κ1) is 16.5. The topological polar surface area (TPSA) is 67.4 Å². The Morgan fingerprint density at radius 3 is 2.28 bits per heavy atom. The third kappa shape index (κ3) is 8.61. The van der Waals surface area contributed by atoms with Crippen molar-refractivity contribution < 1.29 is 14.3 Å². The van der Waals surface area contributed by atoms with Crippen LogP contribution in [0.4, 0.5) is 4.79 Å². The summed E-state index contributed by atoms with van der Waals surface area (Å²) in [6, 6.07) is 0.0969. The van der Waals surface area contributed by atoms with Gasteiger partial charge in [-0.25, -0.2) is 4.79 Å². The second-order valence-corrected chi connectivity index (χ2v) is 5.40. The van der Waals surface area contributed by atoms with Gasteiger partial charge in [0, 0.05) is 18.2 Å². The van der Waals surface area contributed by atoms with E-state index < -0.39 is 11.7 Å². The van der Waals surface area contributed by atoms with E-state index in [1.54, 1.807) is 33.8 Å². The molecule has 0 aliphatic carbocycles. The van der Waals surface area contributed by atoms with Crippen LogP contribution in [0.5, 0.6) is 0 Å². The van der Waals surface area contributed by atoms with E-state index in [-0.39, 0.29) is 18.5 Å². The number of amides is 2. The van der Waals surface area contributed by atoms with E-state index in [9.17, 15) is 9.59 Å². The smallest absolute Gasteiger partial charge is 0.407 e. The van der Waals surface area contributed by atoms with Crippen molar-refractivity contribution in [3.63, 3.8) is 0 Å². The van der Waals surface area contributed by atoms with E-state index >= 15 is 0 Å². The highest BCUT2D eigenvalue weighted by Crippen LogP contribution is 2.06. The minimum Gasteiger partial charge on any atom is -0.444 e. The van der Waals surface area contributed by atoms with Crippen LogP contribution >= 0.6 is 0 Å². The Morgan fingerprint density at radius 2 is 1.83 bits per heavy atom. The lowest BCUT2D eigenvalue weighted by molar-refractivity contribution is -0.117. The van der Waals surface area contributed by atoms with Gasteiger partial charge in [-0.15, -0.1) is 0 Å². The highest BCUT2D eigenvalue weighted by Gasteiger charge is 2.15. The number of nitrogens with one attached hydrogen (secondary N) is 2. The average Bonchev–Trinajstić information content (AvgIpc) is 2.13. The minimum atomic E-state index is -0.516. The number of carbonyl (C=O) groups is 2. The van der Waals surface area contributed by atoms with Crippen LogP contribution in [0.3, 0.4) is 0 Å². The molecule has 0 aromatic carbocycles. The second-order valence-electron chi connectivity index (χ2n) is 5.40. The molecule has 0 rings (SSSR count). The fourth-order valence-electron chi connectivity index (χ4n) is 1.07. The van der Waals surface area contributed by atoms with Gasteiger partial charge < -0.3 is 15.4 Å². The molecule has 0 aromatic heterocycles.